The smallest absolute Gasteiger partial charge is 0.387 e. The predicted molar refractivity (Wildman–Crippen MR) is 63.5 cm³/mol. The average molecular weight is 258 g/mol. The fourth-order valence-electron chi connectivity index (χ4n) is 1.40. The monoisotopic (exact) mass is 258 g/mol. The van der Waals surface area contributed by atoms with Crippen molar-refractivity contribution < 1.29 is 18.3 Å². The molecule has 3 N–H and O–H groups in total. The molecule has 1 rings (SSSR count). The van der Waals surface area contributed by atoms with Gasteiger partial charge in [0.1, 0.15) is 5.75 Å². The zero-order valence-electron chi connectivity index (χ0n) is 9.86. The predicted octanol–water partition coefficient (Wildman–Crippen LogP) is 1.30. The van der Waals surface area contributed by atoms with Gasteiger partial charge in [-0.1, -0.05) is 12.1 Å². The molecule has 1 amide bonds. The number of hydrogen-bond donors (Lipinski definition) is 2. The quantitative estimate of drug-likeness (QED) is 0.774. The van der Waals surface area contributed by atoms with E-state index < -0.39 is 6.61 Å². The number of alkyl halides is 2. The highest BCUT2D eigenvalue weighted by Gasteiger charge is 2.04. The maximum absolute atomic E-state index is 11.9. The van der Waals surface area contributed by atoms with Crippen LogP contribution in [0.3, 0.4) is 0 Å². The number of carbonyl (C=O) groups excluding carboxylic acids is 1. The number of hydrogen-bond acceptors (Lipinski definition) is 3. The van der Waals surface area contributed by atoms with Crippen LogP contribution in [0, 0.1) is 0 Å². The third kappa shape index (κ3) is 5.58. The van der Waals surface area contributed by atoms with E-state index >= 15 is 0 Å². The minimum Gasteiger partial charge on any atom is -0.435 e. The molecule has 0 unspecified atom stereocenters. The van der Waals surface area contributed by atoms with Crippen molar-refractivity contribution in [2.45, 2.75) is 19.5 Å². The molecule has 0 bridgehead atoms. The summed E-state index contributed by atoms with van der Waals surface area (Å²) < 4.78 is 28.0. The third-order valence-corrected chi connectivity index (χ3v) is 2.26. The SMILES string of the molecule is NCCC(=O)NCCc1ccc(OC(F)F)cc1. The van der Waals surface area contributed by atoms with Crippen LogP contribution in [0.15, 0.2) is 24.3 Å². The molecular formula is C12H16F2N2O2. The summed E-state index contributed by atoms with van der Waals surface area (Å²) in [5.41, 5.74) is 6.17. The Morgan fingerprint density at radius 3 is 2.56 bits per heavy atom. The summed E-state index contributed by atoms with van der Waals surface area (Å²) >= 11 is 0. The van der Waals surface area contributed by atoms with E-state index in [1.165, 1.54) is 12.1 Å². The molecule has 0 radical (unpaired) electrons. The fourth-order valence-corrected chi connectivity index (χ4v) is 1.40. The summed E-state index contributed by atoms with van der Waals surface area (Å²) in [6.45, 7) is -1.99. The molecule has 0 aromatic heterocycles. The number of nitrogens with one attached hydrogen (secondary N) is 1. The largest absolute Gasteiger partial charge is 0.435 e. The molecule has 0 atom stereocenters. The van der Waals surface area contributed by atoms with Gasteiger partial charge in [0, 0.05) is 19.5 Å². The van der Waals surface area contributed by atoms with Crippen LogP contribution >= 0.6 is 0 Å². The van der Waals surface area contributed by atoms with Crippen molar-refractivity contribution in [3.8, 4) is 5.75 Å². The molecule has 0 saturated carbocycles. The second kappa shape index (κ2) is 7.60. The van der Waals surface area contributed by atoms with Gasteiger partial charge in [0.05, 0.1) is 0 Å². The minimum absolute atomic E-state index is 0.0878. The molecule has 0 aliphatic rings. The molecule has 1 aromatic rings. The molecule has 0 heterocycles. The fraction of sp³-hybridized carbons (Fsp3) is 0.417. The van der Waals surface area contributed by atoms with E-state index in [0.29, 0.717) is 25.9 Å². The van der Waals surface area contributed by atoms with Gasteiger partial charge in [-0.2, -0.15) is 8.78 Å². The topological polar surface area (TPSA) is 64.4 Å². The van der Waals surface area contributed by atoms with E-state index in [-0.39, 0.29) is 11.7 Å². The van der Waals surface area contributed by atoms with Crippen LogP contribution in [0.4, 0.5) is 8.78 Å². The maximum Gasteiger partial charge on any atom is 0.387 e. The standard InChI is InChI=1S/C12H16F2N2O2/c13-12(14)18-10-3-1-9(2-4-10)6-8-16-11(17)5-7-15/h1-4,12H,5-8,15H2,(H,16,17). The molecule has 6 heteroatoms. The van der Waals surface area contributed by atoms with Gasteiger partial charge in [-0.05, 0) is 24.1 Å². The highest BCUT2D eigenvalue weighted by Crippen LogP contribution is 2.14. The molecule has 1 aromatic carbocycles. The normalized spacial score (nSPS) is 10.4. The molecule has 0 fully saturated rings. The van der Waals surface area contributed by atoms with Crippen LogP contribution in [-0.2, 0) is 11.2 Å². The van der Waals surface area contributed by atoms with Gasteiger partial charge in [-0.15, -0.1) is 0 Å². The summed E-state index contributed by atoms with van der Waals surface area (Å²) in [4.78, 5) is 11.1. The van der Waals surface area contributed by atoms with Gasteiger partial charge in [-0.3, -0.25) is 4.79 Å². The van der Waals surface area contributed by atoms with E-state index in [1.807, 2.05) is 0 Å². The molecule has 0 spiro atoms. The molecule has 0 aliphatic carbocycles. The highest BCUT2D eigenvalue weighted by molar-refractivity contribution is 5.75. The van der Waals surface area contributed by atoms with E-state index in [2.05, 4.69) is 10.1 Å². The van der Waals surface area contributed by atoms with E-state index in [4.69, 9.17) is 5.73 Å². The number of rotatable bonds is 7. The van der Waals surface area contributed by atoms with Gasteiger partial charge >= 0.3 is 6.61 Å². The van der Waals surface area contributed by atoms with Crippen LogP contribution in [0.25, 0.3) is 0 Å². The Kier molecular flexibility index (Phi) is 6.07. The van der Waals surface area contributed by atoms with Gasteiger partial charge in [0.2, 0.25) is 5.91 Å². The number of amides is 1. The van der Waals surface area contributed by atoms with Crippen molar-refractivity contribution >= 4 is 5.91 Å². The summed E-state index contributed by atoms with van der Waals surface area (Å²) in [5.74, 6) is 0.0380. The number of nitrogens with two attached hydrogens (primary N) is 1. The van der Waals surface area contributed by atoms with E-state index in [0.717, 1.165) is 5.56 Å². The molecule has 0 saturated heterocycles. The molecule has 0 aliphatic heterocycles. The zero-order valence-corrected chi connectivity index (χ0v) is 9.86. The lowest BCUT2D eigenvalue weighted by Crippen LogP contribution is -2.27. The zero-order chi connectivity index (χ0) is 13.4. The second-order valence-corrected chi connectivity index (χ2v) is 3.66. The molecule has 4 nitrogen and oxygen atoms in total. The van der Waals surface area contributed by atoms with Gasteiger partial charge < -0.3 is 15.8 Å². The first-order chi connectivity index (χ1) is 8.61. The summed E-state index contributed by atoms with van der Waals surface area (Å²) in [6.07, 6.45) is 0.937. The Hall–Kier alpha value is -1.69. The Morgan fingerprint density at radius 2 is 2.00 bits per heavy atom. The van der Waals surface area contributed by atoms with Crippen molar-refractivity contribution in [2.24, 2.45) is 5.73 Å². The van der Waals surface area contributed by atoms with Crippen LogP contribution in [0.5, 0.6) is 5.75 Å². The molecule has 100 valence electrons. The van der Waals surface area contributed by atoms with Gasteiger partial charge in [-0.25, -0.2) is 0 Å². The van der Waals surface area contributed by atoms with Crippen LogP contribution in [0.2, 0.25) is 0 Å². The number of benzene rings is 1. The molecule has 18 heavy (non-hydrogen) atoms. The van der Waals surface area contributed by atoms with Crippen LogP contribution < -0.4 is 15.8 Å². The van der Waals surface area contributed by atoms with E-state index in [1.54, 1.807) is 12.1 Å². The van der Waals surface area contributed by atoms with Crippen molar-refractivity contribution in [3.05, 3.63) is 29.8 Å². The van der Waals surface area contributed by atoms with Gasteiger partial charge in [0.15, 0.2) is 0 Å². The first kappa shape index (κ1) is 14.4. The second-order valence-electron chi connectivity index (χ2n) is 3.66. The average Bonchev–Trinajstić information content (AvgIpc) is 2.31. The maximum atomic E-state index is 11.9. The van der Waals surface area contributed by atoms with Crippen molar-refractivity contribution in [3.63, 3.8) is 0 Å². The van der Waals surface area contributed by atoms with Crippen LogP contribution in [0.1, 0.15) is 12.0 Å². The first-order valence-corrected chi connectivity index (χ1v) is 5.62. The summed E-state index contributed by atoms with van der Waals surface area (Å²) in [6, 6.07) is 6.33. The number of halogens is 2. The number of ether oxygens (including phenoxy) is 1. The van der Waals surface area contributed by atoms with Crippen molar-refractivity contribution in [2.75, 3.05) is 13.1 Å². The minimum atomic E-state index is -2.81. The Bertz CT molecular complexity index is 369. The Balaban J connectivity index is 2.33. The first-order valence-electron chi connectivity index (χ1n) is 5.62. The Labute approximate surface area is 104 Å². The van der Waals surface area contributed by atoms with Crippen LogP contribution in [-0.4, -0.2) is 25.6 Å². The molecular weight excluding hydrogens is 242 g/mol. The lowest BCUT2D eigenvalue weighted by molar-refractivity contribution is -0.120. The van der Waals surface area contributed by atoms with Gasteiger partial charge in [0.25, 0.3) is 0 Å². The highest BCUT2D eigenvalue weighted by atomic mass is 19.3. The summed E-state index contributed by atoms with van der Waals surface area (Å²) in [5, 5.41) is 2.71. The van der Waals surface area contributed by atoms with E-state index in [9.17, 15) is 13.6 Å². The van der Waals surface area contributed by atoms with Crippen molar-refractivity contribution in [1.82, 2.24) is 5.32 Å². The lowest BCUT2D eigenvalue weighted by Gasteiger charge is -2.06. The Morgan fingerprint density at radius 1 is 1.33 bits per heavy atom. The summed E-state index contributed by atoms with van der Waals surface area (Å²) in [7, 11) is 0. The number of carbonyl (C=O) groups is 1. The lowest BCUT2D eigenvalue weighted by atomic mass is 10.1. The van der Waals surface area contributed by atoms with Crippen molar-refractivity contribution in [1.29, 1.82) is 0 Å². The third-order valence-electron chi connectivity index (χ3n) is 2.26.